The number of aromatic amines is 1. The van der Waals surface area contributed by atoms with Crippen LogP contribution in [0.4, 0.5) is 4.79 Å². The van der Waals surface area contributed by atoms with Gasteiger partial charge in [0.05, 0.1) is 17.2 Å². The predicted octanol–water partition coefficient (Wildman–Crippen LogP) is 3.66. The Kier molecular flexibility index (Phi) is 5.98. The fraction of sp³-hybridized carbons (Fsp3) is 0.308. The smallest absolute Gasteiger partial charge is 0.410 e. The number of hydrogen-bond donors (Lipinski definition) is 2. The molecule has 180 valence electrons. The standard InChI is InChI=1S/C26H26N4O5/c1-16-12-17(13-19-15-27-28-24(16)19)14-22(25(32)33)35-26(34)29-10-8-20(9-11-29)30-21-5-3-2-4-18(21)6-7-23(30)31/h2-7,12-13,15,20,22H,8-11,14H2,1H3,(H,27,28)(H,32,33)/t22-/m1/s1. The van der Waals surface area contributed by atoms with E-state index < -0.39 is 18.2 Å². The highest BCUT2D eigenvalue weighted by Gasteiger charge is 2.30. The van der Waals surface area contributed by atoms with E-state index in [0.717, 1.165) is 32.9 Å². The Bertz CT molecular complexity index is 1470. The number of carbonyl (C=O) groups is 2. The number of pyridine rings is 1. The third-order valence-corrected chi connectivity index (χ3v) is 6.67. The largest absolute Gasteiger partial charge is 0.478 e. The SMILES string of the molecule is Cc1cc(C[C@@H](OC(=O)N2CCC(n3c(=O)ccc4ccccc43)CC2)C(=O)O)cc2cn[nH]c12. The van der Waals surface area contributed by atoms with Gasteiger partial charge in [-0.25, -0.2) is 9.59 Å². The lowest BCUT2D eigenvalue weighted by atomic mass is 10.0. The fourth-order valence-corrected chi connectivity index (χ4v) is 4.91. The van der Waals surface area contributed by atoms with Crippen LogP contribution in [0.5, 0.6) is 0 Å². The van der Waals surface area contributed by atoms with Crippen molar-refractivity contribution in [3.05, 3.63) is 76.2 Å². The van der Waals surface area contributed by atoms with Crippen molar-refractivity contribution >= 4 is 33.9 Å². The van der Waals surface area contributed by atoms with E-state index in [0.29, 0.717) is 25.9 Å². The van der Waals surface area contributed by atoms with E-state index in [-0.39, 0.29) is 18.0 Å². The van der Waals surface area contributed by atoms with Crippen molar-refractivity contribution in [1.82, 2.24) is 19.7 Å². The first-order valence-corrected chi connectivity index (χ1v) is 11.6. The van der Waals surface area contributed by atoms with Gasteiger partial charge in [0.15, 0.2) is 0 Å². The number of nitrogens with zero attached hydrogens (tertiary/aromatic N) is 3. The maximum atomic E-state index is 12.8. The molecule has 0 spiro atoms. The van der Waals surface area contributed by atoms with Crippen LogP contribution >= 0.6 is 0 Å². The van der Waals surface area contributed by atoms with Gasteiger partial charge in [-0.05, 0) is 54.5 Å². The molecule has 35 heavy (non-hydrogen) atoms. The minimum Gasteiger partial charge on any atom is -0.478 e. The Morgan fingerprint density at radius 3 is 2.69 bits per heavy atom. The van der Waals surface area contributed by atoms with Crippen LogP contribution in [-0.4, -0.2) is 56.0 Å². The van der Waals surface area contributed by atoms with E-state index in [1.165, 1.54) is 4.90 Å². The summed E-state index contributed by atoms with van der Waals surface area (Å²) in [6, 6.07) is 14.8. The number of amides is 1. The maximum absolute atomic E-state index is 12.8. The first-order valence-electron chi connectivity index (χ1n) is 11.6. The summed E-state index contributed by atoms with van der Waals surface area (Å²) in [7, 11) is 0. The van der Waals surface area contributed by atoms with Crippen LogP contribution < -0.4 is 5.56 Å². The number of aliphatic carboxylic acids is 1. The topological polar surface area (TPSA) is 118 Å². The van der Waals surface area contributed by atoms with Crippen molar-refractivity contribution in [3.8, 4) is 0 Å². The number of H-pyrrole nitrogens is 1. The molecule has 1 saturated heterocycles. The third-order valence-electron chi connectivity index (χ3n) is 6.67. The molecule has 1 amide bonds. The highest BCUT2D eigenvalue weighted by molar-refractivity contribution is 5.83. The lowest BCUT2D eigenvalue weighted by molar-refractivity contribution is -0.147. The van der Waals surface area contributed by atoms with E-state index in [9.17, 15) is 19.5 Å². The number of piperidine rings is 1. The zero-order valence-corrected chi connectivity index (χ0v) is 19.3. The van der Waals surface area contributed by atoms with Gasteiger partial charge in [-0.2, -0.15) is 5.10 Å². The number of hydrogen-bond acceptors (Lipinski definition) is 5. The molecule has 2 N–H and O–H groups in total. The molecule has 5 rings (SSSR count). The predicted molar refractivity (Wildman–Crippen MR) is 130 cm³/mol. The molecule has 2 aromatic heterocycles. The summed E-state index contributed by atoms with van der Waals surface area (Å²) >= 11 is 0. The van der Waals surface area contributed by atoms with E-state index in [4.69, 9.17) is 4.74 Å². The van der Waals surface area contributed by atoms with Gasteiger partial charge in [-0.3, -0.25) is 9.89 Å². The zero-order valence-electron chi connectivity index (χ0n) is 19.3. The maximum Gasteiger partial charge on any atom is 0.410 e. The second kappa shape index (κ2) is 9.25. The Morgan fingerprint density at radius 1 is 1.14 bits per heavy atom. The van der Waals surface area contributed by atoms with Crippen molar-refractivity contribution < 1.29 is 19.4 Å². The van der Waals surface area contributed by atoms with Gasteiger partial charge in [0.25, 0.3) is 5.56 Å². The molecule has 4 aromatic rings. The zero-order chi connectivity index (χ0) is 24.5. The fourth-order valence-electron chi connectivity index (χ4n) is 4.91. The first kappa shape index (κ1) is 22.6. The highest BCUT2D eigenvalue weighted by Crippen LogP contribution is 2.26. The number of aromatic nitrogens is 3. The number of fused-ring (bicyclic) bond motifs is 2. The van der Waals surface area contributed by atoms with Crippen molar-refractivity contribution in [2.75, 3.05) is 13.1 Å². The molecule has 0 radical (unpaired) electrons. The van der Waals surface area contributed by atoms with Crippen molar-refractivity contribution in [1.29, 1.82) is 0 Å². The molecule has 1 aliphatic rings. The molecule has 0 bridgehead atoms. The molecule has 1 fully saturated rings. The second-order valence-corrected chi connectivity index (χ2v) is 8.98. The molecule has 0 unspecified atom stereocenters. The second-order valence-electron chi connectivity index (χ2n) is 8.98. The number of carboxylic acids is 1. The average Bonchev–Trinajstić information content (AvgIpc) is 3.33. The normalized spacial score (nSPS) is 15.4. The number of nitrogens with one attached hydrogen (secondary N) is 1. The molecule has 9 heteroatoms. The van der Waals surface area contributed by atoms with Crippen LogP contribution in [0, 0.1) is 6.92 Å². The lowest BCUT2D eigenvalue weighted by Crippen LogP contribution is -2.43. The lowest BCUT2D eigenvalue weighted by Gasteiger charge is -2.33. The number of aryl methyl sites for hydroxylation is 1. The van der Waals surface area contributed by atoms with Gasteiger partial charge in [-0.15, -0.1) is 0 Å². The summed E-state index contributed by atoms with van der Waals surface area (Å²) in [5.41, 5.74) is 3.39. The quantitative estimate of drug-likeness (QED) is 0.456. The van der Waals surface area contributed by atoms with Crippen molar-refractivity contribution in [3.63, 3.8) is 0 Å². The van der Waals surface area contributed by atoms with Gasteiger partial charge < -0.3 is 19.3 Å². The van der Waals surface area contributed by atoms with E-state index in [2.05, 4.69) is 10.2 Å². The number of ether oxygens (including phenoxy) is 1. The van der Waals surface area contributed by atoms with Gasteiger partial charge >= 0.3 is 12.1 Å². The Balaban J connectivity index is 1.26. The summed E-state index contributed by atoms with van der Waals surface area (Å²) in [6.07, 6.45) is 0.949. The van der Waals surface area contributed by atoms with E-state index in [1.807, 2.05) is 49.4 Å². The molecule has 1 atom stereocenters. The number of benzene rings is 2. The van der Waals surface area contributed by atoms with E-state index >= 15 is 0 Å². The van der Waals surface area contributed by atoms with Crippen LogP contribution in [-0.2, 0) is 16.0 Å². The molecule has 3 heterocycles. The molecular weight excluding hydrogens is 448 g/mol. The number of likely N-dealkylation sites (tertiary alicyclic amines) is 1. The molecular formula is C26H26N4O5. The first-order chi connectivity index (χ1) is 16.9. The highest BCUT2D eigenvalue weighted by atomic mass is 16.6. The summed E-state index contributed by atoms with van der Waals surface area (Å²) in [5, 5.41) is 18.5. The van der Waals surface area contributed by atoms with Gasteiger partial charge in [0.1, 0.15) is 0 Å². The molecule has 0 saturated carbocycles. The van der Waals surface area contributed by atoms with Crippen LogP contribution in [0.2, 0.25) is 0 Å². The Hall–Kier alpha value is -4.14. The molecule has 1 aliphatic heterocycles. The van der Waals surface area contributed by atoms with Crippen LogP contribution in [0.15, 0.2) is 59.5 Å². The van der Waals surface area contributed by atoms with Crippen LogP contribution in [0.3, 0.4) is 0 Å². The van der Waals surface area contributed by atoms with Crippen molar-refractivity contribution in [2.24, 2.45) is 0 Å². The molecule has 9 nitrogen and oxygen atoms in total. The summed E-state index contributed by atoms with van der Waals surface area (Å²) in [5.74, 6) is -1.19. The van der Waals surface area contributed by atoms with Crippen molar-refractivity contribution in [2.45, 2.75) is 38.3 Å². The minimum absolute atomic E-state index is 0.0439. The van der Waals surface area contributed by atoms with Gasteiger partial charge in [0, 0.05) is 37.0 Å². The summed E-state index contributed by atoms with van der Waals surface area (Å²) in [6.45, 7) is 2.67. The number of para-hydroxylation sites is 1. The third kappa shape index (κ3) is 4.49. The monoisotopic (exact) mass is 474 g/mol. The van der Waals surface area contributed by atoms with E-state index in [1.54, 1.807) is 16.8 Å². The minimum atomic E-state index is -1.30. The van der Waals surface area contributed by atoms with Gasteiger partial charge in [0.2, 0.25) is 6.10 Å². The number of carboxylic acid groups (broad SMARTS) is 1. The number of rotatable bonds is 5. The molecule has 0 aliphatic carbocycles. The average molecular weight is 475 g/mol. The number of carbonyl (C=O) groups excluding carboxylic acids is 1. The summed E-state index contributed by atoms with van der Waals surface area (Å²) in [4.78, 5) is 38.8. The molecule has 2 aromatic carbocycles. The van der Waals surface area contributed by atoms with Crippen LogP contribution in [0.25, 0.3) is 21.8 Å². The van der Waals surface area contributed by atoms with Gasteiger partial charge in [-0.1, -0.05) is 24.3 Å². The van der Waals surface area contributed by atoms with Crippen LogP contribution in [0.1, 0.15) is 30.0 Å². The summed E-state index contributed by atoms with van der Waals surface area (Å²) < 4.78 is 7.22. The Labute approximate surface area is 200 Å². The Morgan fingerprint density at radius 2 is 1.91 bits per heavy atom.